The van der Waals surface area contributed by atoms with Gasteiger partial charge in [0.1, 0.15) is 10.8 Å². The standard InChI is InChI=1S/C10H8F3NS/c1-5-3-4-6-7(8(5)11)9(12)10(15-2)14(6)13/h3-4H,1-2H3. The number of halogens is 3. The van der Waals surface area contributed by atoms with Crippen LogP contribution >= 0.6 is 11.8 Å². The largest absolute Gasteiger partial charge is 0.206 e. The highest BCUT2D eigenvalue weighted by Gasteiger charge is 2.20. The number of benzene rings is 1. The van der Waals surface area contributed by atoms with Gasteiger partial charge >= 0.3 is 0 Å². The third kappa shape index (κ3) is 1.33. The maximum Gasteiger partial charge on any atom is 0.168 e. The smallest absolute Gasteiger partial charge is 0.168 e. The second-order valence-corrected chi connectivity index (χ2v) is 3.99. The highest BCUT2D eigenvalue weighted by atomic mass is 32.2. The summed E-state index contributed by atoms with van der Waals surface area (Å²) in [6, 6.07) is 2.80. The van der Waals surface area contributed by atoms with Gasteiger partial charge in [0.15, 0.2) is 5.82 Å². The van der Waals surface area contributed by atoms with Gasteiger partial charge in [-0.15, -0.1) is 11.8 Å². The van der Waals surface area contributed by atoms with Crippen molar-refractivity contribution >= 4 is 22.7 Å². The average molecular weight is 231 g/mol. The van der Waals surface area contributed by atoms with Gasteiger partial charge in [0.05, 0.1) is 10.9 Å². The van der Waals surface area contributed by atoms with E-state index >= 15 is 0 Å². The molecule has 0 spiro atoms. The topological polar surface area (TPSA) is 4.93 Å². The zero-order valence-electron chi connectivity index (χ0n) is 8.14. The minimum atomic E-state index is -0.832. The predicted octanol–water partition coefficient (Wildman–Crippen LogP) is 3.68. The summed E-state index contributed by atoms with van der Waals surface area (Å²) in [6.45, 7) is 1.52. The van der Waals surface area contributed by atoms with Crippen molar-refractivity contribution in [2.24, 2.45) is 0 Å². The lowest BCUT2D eigenvalue weighted by Crippen LogP contribution is -1.85. The number of aromatic nitrogens is 1. The quantitative estimate of drug-likeness (QED) is 0.678. The van der Waals surface area contributed by atoms with Crippen LogP contribution in [0.5, 0.6) is 0 Å². The number of hydrogen-bond donors (Lipinski definition) is 0. The molecule has 1 aromatic heterocycles. The van der Waals surface area contributed by atoms with E-state index in [0.29, 0.717) is 5.56 Å². The van der Waals surface area contributed by atoms with Gasteiger partial charge in [-0.2, -0.15) is 4.79 Å². The molecule has 1 heterocycles. The number of thioether (sulfide) groups is 1. The van der Waals surface area contributed by atoms with Crippen LogP contribution in [-0.4, -0.2) is 11.0 Å². The monoisotopic (exact) mass is 231 g/mol. The fraction of sp³-hybridized carbons (Fsp3) is 0.200. The van der Waals surface area contributed by atoms with E-state index in [2.05, 4.69) is 0 Å². The highest BCUT2D eigenvalue weighted by molar-refractivity contribution is 7.98. The van der Waals surface area contributed by atoms with Gasteiger partial charge < -0.3 is 0 Å². The van der Waals surface area contributed by atoms with Gasteiger partial charge in [-0.05, 0) is 24.8 Å². The zero-order valence-corrected chi connectivity index (χ0v) is 8.96. The molecule has 0 aliphatic rings. The van der Waals surface area contributed by atoms with E-state index in [9.17, 15) is 13.3 Å². The summed E-state index contributed by atoms with van der Waals surface area (Å²) in [5, 5.41) is -0.476. The van der Waals surface area contributed by atoms with Crippen molar-refractivity contribution in [3.63, 3.8) is 0 Å². The SMILES string of the molecule is CSc1c(F)c2c(F)c(C)ccc2n1F. The van der Waals surface area contributed by atoms with Crippen LogP contribution < -0.4 is 0 Å². The van der Waals surface area contributed by atoms with Crippen LogP contribution in [0, 0.1) is 18.6 Å². The van der Waals surface area contributed by atoms with E-state index in [0.717, 1.165) is 11.8 Å². The summed E-state index contributed by atoms with van der Waals surface area (Å²) < 4.78 is 40.7. The third-order valence-corrected chi connectivity index (χ3v) is 3.03. The minimum absolute atomic E-state index is 0.0695. The maximum absolute atomic E-state index is 13.6. The zero-order chi connectivity index (χ0) is 11.2. The third-order valence-electron chi connectivity index (χ3n) is 2.30. The fourth-order valence-corrected chi connectivity index (χ4v) is 2.05. The van der Waals surface area contributed by atoms with E-state index in [1.165, 1.54) is 25.3 Å². The number of fused-ring (bicyclic) bond motifs is 1. The Morgan fingerprint density at radius 2 is 1.87 bits per heavy atom. The molecule has 80 valence electrons. The van der Waals surface area contributed by atoms with Crippen LogP contribution in [-0.2, 0) is 0 Å². The first-order chi connectivity index (χ1) is 7.07. The van der Waals surface area contributed by atoms with Crippen LogP contribution in [0.1, 0.15) is 5.56 Å². The Bertz CT molecular complexity index is 533. The van der Waals surface area contributed by atoms with Gasteiger partial charge in [0.25, 0.3) is 0 Å². The molecule has 0 bridgehead atoms. The molecule has 0 radical (unpaired) electrons. The molecule has 0 fully saturated rings. The van der Waals surface area contributed by atoms with Crippen molar-refractivity contribution in [2.45, 2.75) is 11.9 Å². The molecule has 0 unspecified atom stereocenters. The lowest BCUT2D eigenvalue weighted by atomic mass is 10.1. The van der Waals surface area contributed by atoms with E-state index in [4.69, 9.17) is 0 Å². The molecular weight excluding hydrogens is 223 g/mol. The summed E-state index contributed by atoms with van der Waals surface area (Å²) in [6.07, 6.45) is 1.54. The number of hydrogen-bond acceptors (Lipinski definition) is 1. The average Bonchev–Trinajstić information content (AvgIpc) is 2.45. The predicted molar refractivity (Wildman–Crippen MR) is 54.9 cm³/mol. The molecule has 0 amide bonds. The summed E-state index contributed by atoms with van der Waals surface area (Å²) in [4.78, 5) is 0.178. The molecule has 2 aromatic rings. The number of nitrogens with zero attached hydrogens (tertiary/aromatic N) is 1. The summed E-state index contributed by atoms with van der Waals surface area (Å²) in [7, 11) is 0. The molecule has 0 saturated carbocycles. The Hall–Kier alpha value is -1.10. The second-order valence-electron chi connectivity index (χ2n) is 3.19. The molecule has 0 atom stereocenters. The fourth-order valence-electron chi connectivity index (χ4n) is 1.51. The van der Waals surface area contributed by atoms with Crippen LogP contribution in [0.4, 0.5) is 13.3 Å². The summed E-state index contributed by atoms with van der Waals surface area (Å²) in [5.74, 6) is -1.53. The molecule has 0 aliphatic heterocycles. The first-order valence-electron chi connectivity index (χ1n) is 4.27. The minimum Gasteiger partial charge on any atom is -0.206 e. The van der Waals surface area contributed by atoms with Gasteiger partial charge in [0, 0.05) is 0 Å². The van der Waals surface area contributed by atoms with Crippen LogP contribution in [0.2, 0.25) is 0 Å². The first-order valence-corrected chi connectivity index (χ1v) is 5.49. The molecule has 2 rings (SSSR count). The van der Waals surface area contributed by atoms with E-state index in [1.54, 1.807) is 0 Å². The van der Waals surface area contributed by atoms with Gasteiger partial charge in [-0.25, -0.2) is 8.78 Å². The van der Waals surface area contributed by atoms with Gasteiger partial charge in [-0.3, -0.25) is 0 Å². The van der Waals surface area contributed by atoms with E-state index in [1.807, 2.05) is 0 Å². The second kappa shape index (κ2) is 3.48. The van der Waals surface area contributed by atoms with E-state index in [-0.39, 0.29) is 20.7 Å². The molecule has 1 aromatic carbocycles. The Labute approximate surface area is 88.8 Å². The Balaban J connectivity index is 2.96. The number of aryl methyl sites for hydroxylation is 1. The molecule has 1 nitrogen and oxygen atoms in total. The van der Waals surface area contributed by atoms with Crippen molar-refractivity contribution in [3.05, 3.63) is 29.3 Å². The Kier molecular flexibility index (Phi) is 2.42. The molecule has 0 saturated heterocycles. The van der Waals surface area contributed by atoms with Crippen molar-refractivity contribution in [3.8, 4) is 0 Å². The normalized spacial score (nSPS) is 11.3. The van der Waals surface area contributed by atoms with Crippen molar-refractivity contribution in [1.29, 1.82) is 0 Å². The van der Waals surface area contributed by atoms with Gasteiger partial charge in [-0.1, -0.05) is 10.5 Å². The maximum atomic E-state index is 13.6. The summed E-state index contributed by atoms with van der Waals surface area (Å²) in [5.41, 5.74) is 0.236. The van der Waals surface area contributed by atoms with Crippen LogP contribution in [0.3, 0.4) is 0 Å². The molecule has 15 heavy (non-hydrogen) atoms. The molecule has 0 aliphatic carbocycles. The molecule has 0 N–H and O–H groups in total. The Morgan fingerprint density at radius 3 is 2.47 bits per heavy atom. The molecule has 5 heteroatoms. The van der Waals surface area contributed by atoms with E-state index < -0.39 is 11.6 Å². The van der Waals surface area contributed by atoms with Crippen molar-refractivity contribution < 1.29 is 13.3 Å². The van der Waals surface area contributed by atoms with Crippen LogP contribution in [0.25, 0.3) is 10.9 Å². The van der Waals surface area contributed by atoms with Crippen molar-refractivity contribution in [2.75, 3.05) is 6.26 Å². The lowest BCUT2D eigenvalue weighted by Gasteiger charge is -1.97. The van der Waals surface area contributed by atoms with Crippen molar-refractivity contribution in [1.82, 2.24) is 4.79 Å². The first kappa shape index (κ1) is 10.4. The summed E-state index contributed by atoms with van der Waals surface area (Å²) >= 11 is 0.909. The molecular formula is C10H8F3NS. The highest BCUT2D eigenvalue weighted by Crippen LogP contribution is 2.33. The number of rotatable bonds is 1. The van der Waals surface area contributed by atoms with Gasteiger partial charge in [0.2, 0.25) is 0 Å². The lowest BCUT2D eigenvalue weighted by molar-refractivity contribution is 0.343. The Morgan fingerprint density at radius 1 is 1.20 bits per heavy atom. The van der Waals surface area contributed by atoms with Crippen LogP contribution in [0.15, 0.2) is 17.2 Å².